The van der Waals surface area contributed by atoms with Crippen molar-refractivity contribution in [3.8, 4) is 0 Å². The van der Waals surface area contributed by atoms with Gasteiger partial charge in [0.25, 0.3) is 0 Å². The summed E-state index contributed by atoms with van der Waals surface area (Å²) in [6, 6.07) is 0. The predicted octanol–water partition coefficient (Wildman–Crippen LogP) is 0.799. The Balaban J connectivity index is 3.07. The number of amides is 2. The lowest BCUT2D eigenvalue weighted by Crippen LogP contribution is -2.32. The maximum Gasteiger partial charge on any atom is 0.233 e. The van der Waals surface area contributed by atoms with Gasteiger partial charge in [0, 0.05) is 20.0 Å². The summed E-state index contributed by atoms with van der Waals surface area (Å²) in [4.78, 5) is 21.7. The lowest BCUT2D eigenvalue weighted by Gasteiger charge is -2.05. The Kier molecular flexibility index (Phi) is 11.6. The molecule has 0 aromatic heterocycles. The zero-order valence-corrected chi connectivity index (χ0v) is 11.7. The van der Waals surface area contributed by atoms with Crippen LogP contribution < -0.4 is 16.0 Å². The van der Waals surface area contributed by atoms with Gasteiger partial charge in [0.1, 0.15) is 0 Å². The first-order valence-corrected chi connectivity index (χ1v) is 6.82. The van der Waals surface area contributed by atoms with Crippen molar-refractivity contribution < 1.29 is 9.59 Å². The van der Waals surface area contributed by atoms with Gasteiger partial charge < -0.3 is 16.0 Å². The van der Waals surface area contributed by atoms with Crippen molar-refractivity contribution in [2.45, 2.75) is 45.4 Å². The number of likely N-dealkylation sites (N-methyl/N-ethyl adjacent to an activating group) is 1. The summed E-state index contributed by atoms with van der Waals surface area (Å²) in [7, 11) is 1.76. The van der Waals surface area contributed by atoms with E-state index in [2.05, 4.69) is 16.0 Å². The minimum Gasteiger partial charge on any atom is -0.356 e. The van der Waals surface area contributed by atoms with Gasteiger partial charge >= 0.3 is 0 Å². The molecule has 0 saturated heterocycles. The number of hydrogen-bond acceptors (Lipinski definition) is 3. The molecule has 0 aromatic rings. The van der Waals surface area contributed by atoms with Crippen LogP contribution in [0.4, 0.5) is 0 Å². The van der Waals surface area contributed by atoms with Crippen LogP contribution in [0.15, 0.2) is 0 Å². The van der Waals surface area contributed by atoms with Gasteiger partial charge in [-0.25, -0.2) is 0 Å². The molecule has 0 heterocycles. The van der Waals surface area contributed by atoms with E-state index >= 15 is 0 Å². The van der Waals surface area contributed by atoms with E-state index in [4.69, 9.17) is 0 Å². The number of carbonyl (C=O) groups excluding carboxylic acids is 2. The first-order valence-electron chi connectivity index (χ1n) is 6.82. The second-order valence-electron chi connectivity index (χ2n) is 4.48. The summed E-state index contributed by atoms with van der Waals surface area (Å²) in [6.45, 7) is 3.49. The molecule has 0 saturated carbocycles. The summed E-state index contributed by atoms with van der Waals surface area (Å²) in [5, 5.41) is 8.46. The Labute approximate surface area is 110 Å². The van der Waals surface area contributed by atoms with Gasteiger partial charge in [0.05, 0.1) is 6.54 Å². The van der Waals surface area contributed by atoms with E-state index in [-0.39, 0.29) is 11.8 Å². The van der Waals surface area contributed by atoms with Crippen molar-refractivity contribution in [2.24, 2.45) is 0 Å². The Hall–Kier alpha value is -1.10. The highest BCUT2D eigenvalue weighted by Crippen LogP contribution is 2.04. The lowest BCUT2D eigenvalue weighted by molar-refractivity contribution is -0.120. The van der Waals surface area contributed by atoms with Crippen LogP contribution in [0.5, 0.6) is 0 Å². The first-order chi connectivity index (χ1) is 8.66. The quantitative estimate of drug-likeness (QED) is 0.479. The molecule has 0 aliphatic rings. The van der Waals surface area contributed by atoms with E-state index in [1.807, 2.05) is 0 Å². The van der Waals surface area contributed by atoms with E-state index in [0.29, 0.717) is 6.54 Å². The van der Waals surface area contributed by atoms with Crippen LogP contribution in [0.25, 0.3) is 0 Å². The third-order valence-corrected chi connectivity index (χ3v) is 2.64. The molecule has 0 aliphatic carbocycles. The standard InChI is InChI=1S/C13H27N3O2/c1-12(17)15-9-7-5-3-4-6-8-10-16-13(18)11-14-2/h14H,3-11H2,1-2H3,(H,15,17)(H,16,18). The molecule has 0 unspecified atom stereocenters. The lowest BCUT2D eigenvalue weighted by atomic mass is 10.1. The van der Waals surface area contributed by atoms with Crippen molar-refractivity contribution >= 4 is 11.8 Å². The van der Waals surface area contributed by atoms with Crippen LogP contribution in [0.2, 0.25) is 0 Å². The molecule has 0 radical (unpaired) electrons. The highest BCUT2D eigenvalue weighted by Gasteiger charge is 1.97. The average Bonchev–Trinajstić information content (AvgIpc) is 2.31. The van der Waals surface area contributed by atoms with Gasteiger partial charge in [-0.1, -0.05) is 25.7 Å². The third-order valence-electron chi connectivity index (χ3n) is 2.64. The minimum absolute atomic E-state index is 0.0484. The Morgan fingerprint density at radius 2 is 1.33 bits per heavy atom. The molecule has 0 aromatic carbocycles. The topological polar surface area (TPSA) is 70.2 Å². The van der Waals surface area contributed by atoms with Crippen LogP contribution in [-0.2, 0) is 9.59 Å². The molecule has 5 heteroatoms. The maximum atomic E-state index is 11.1. The number of nitrogens with one attached hydrogen (secondary N) is 3. The average molecular weight is 257 g/mol. The van der Waals surface area contributed by atoms with E-state index in [0.717, 1.165) is 38.8 Å². The Morgan fingerprint density at radius 1 is 0.833 bits per heavy atom. The van der Waals surface area contributed by atoms with Crippen LogP contribution in [0, 0.1) is 0 Å². The zero-order chi connectivity index (χ0) is 13.6. The number of carbonyl (C=O) groups is 2. The SMILES string of the molecule is CNCC(=O)NCCCCCCCCNC(C)=O. The van der Waals surface area contributed by atoms with Gasteiger partial charge in [-0.15, -0.1) is 0 Å². The van der Waals surface area contributed by atoms with Crippen LogP contribution in [0.1, 0.15) is 45.4 Å². The van der Waals surface area contributed by atoms with E-state index in [1.165, 1.54) is 12.8 Å². The number of unbranched alkanes of at least 4 members (excludes halogenated alkanes) is 5. The molecule has 0 rings (SSSR count). The van der Waals surface area contributed by atoms with Crippen molar-refractivity contribution in [1.29, 1.82) is 0 Å². The predicted molar refractivity (Wildman–Crippen MR) is 73.3 cm³/mol. The fourth-order valence-corrected chi connectivity index (χ4v) is 1.67. The highest BCUT2D eigenvalue weighted by molar-refractivity contribution is 5.77. The van der Waals surface area contributed by atoms with Crippen molar-refractivity contribution in [3.05, 3.63) is 0 Å². The summed E-state index contributed by atoms with van der Waals surface area (Å²) in [5.41, 5.74) is 0. The molecular weight excluding hydrogens is 230 g/mol. The molecule has 0 atom stereocenters. The van der Waals surface area contributed by atoms with E-state index in [1.54, 1.807) is 14.0 Å². The molecule has 0 spiro atoms. The van der Waals surface area contributed by atoms with Crippen LogP contribution >= 0.6 is 0 Å². The summed E-state index contributed by atoms with van der Waals surface area (Å²) in [5.74, 6) is 0.111. The molecule has 0 bridgehead atoms. The summed E-state index contributed by atoms with van der Waals surface area (Å²) < 4.78 is 0. The monoisotopic (exact) mass is 257 g/mol. The maximum absolute atomic E-state index is 11.1. The fraction of sp³-hybridized carbons (Fsp3) is 0.846. The van der Waals surface area contributed by atoms with Gasteiger partial charge in [0.15, 0.2) is 0 Å². The van der Waals surface area contributed by atoms with Gasteiger partial charge in [-0.2, -0.15) is 0 Å². The summed E-state index contributed by atoms with van der Waals surface area (Å²) in [6.07, 6.45) is 6.80. The van der Waals surface area contributed by atoms with Crippen molar-refractivity contribution in [2.75, 3.05) is 26.7 Å². The second kappa shape index (κ2) is 12.4. The highest BCUT2D eigenvalue weighted by atomic mass is 16.2. The number of rotatable bonds is 11. The van der Waals surface area contributed by atoms with Crippen molar-refractivity contribution in [3.63, 3.8) is 0 Å². The largest absolute Gasteiger partial charge is 0.356 e. The minimum atomic E-state index is 0.0484. The van der Waals surface area contributed by atoms with Gasteiger partial charge in [0.2, 0.25) is 11.8 Å². The fourth-order valence-electron chi connectivity index (χ4n) is 1.67. The van der Waals surface area contributed by atoms with E-state index in [9.17, 15) is 9.59 Å². The molecule has 106 valence electrons. The first kappa shape index (κ1) is 16.9. The van der Waals surface area contributed by atoms with Crippen molar-refractivity contribution in [1.82, 2.24) is 16.0 Å². The summed E-state index contributed by atoms with van der Waals surface area (Å²) >= 11 is 0. The zero-order valence-electron chi connectivity index (χ0n) is 11.7. The molecule has 0 fully saturated rings. The molecule has 2 amide bonds. The third kappa shape index (κ3) is 13.0. The molecule has 18 heavy (non-hydrogen) atoms. The second-order valence-corrected chi connectivity index (χ2v) is 4.48. The molecule has 5 nitrogen and oxygen atoms in total. The van der Waals surface area contributed by atoms with Crippen LogP contribution in [-0.4, -0.2) is 38.5 Å². The Bertz CT molecular complexity index is 232. The smallest absolute Gasteiger partial charge is 0.233 e. The molecule has 3 N–H and O–H groups in total. The van der Waals surface area contributed by atoms with Crippen LogP contribution in [0.3, 0.4) is 0 Å². The normalized spacial score (nSPS) is 10.1. The number of hydrogen-bond donors (Lipinski definition) is 3. The van der Waals surface area contributed by atoms with Gasteiger partial charge in [-0.05, 0) is 19.9 Å². The molecular formula is C13H27N3O2. The van der Waals surface area contributed by atoms with Gasteiger partial charge in [-0.3, -0.25) is 9.59 Å². The Morgan fingerprint density at radius 3 is 1.83 bits per heavy atom. The molecule has 0 aliphatic heterocycles. The van der Waals surface area contributed by atoms with E-state index < -0.39 is 0 Å².